The quantitative estimate of drug-likeness (QED) is 0.608. The van der Waals surface area contributed by atoms with Crippen molar-refractivity contribution in [2.75, 3.05) is 13.2 Å². The smallest absolute Gasteiger partial charge is 0.126 e. The Hall–Kier alpha value is -0.400. The number of hydrogen-bond acceptors (Lipinski definition) is 5. The van der Waals surface area contributed by atoms with Crippen LogP contribution in [0.5, 0.6) is 0 Å². The molecule has 0 spiro atoms. The number of aliphatic hydroxyl groups excluding tert-OH is 1. The van der Waals surface area contributed by atoms with Gasteiger partial charge in [0.15, 0.2) is 0 Å². The lowest BCUT2D eigenvalue weighted by atomic mass is 9.98. The summed E-state index contributed by atoms with van der Waals surface area (Å²) in [4.78, 5) is 0. The molecular formula is C14H22O5S. The molecule has 1 aliphatic carbocycles. The molecule has 0 aromatic rings. The fourth-order valence-electron chi connectivity index (χ4n) is 3.04. The summed E-state index contributed by atoms with van der Waals surface area (Å²) in [5.74, 6) is 4.32. The highest BCUT2D eigenvalue weighted by Crippen LogP contribution is 2.31. The van der Waals surface area contributed by atoms with Gasteiger partial charge in [0, 0.05) is 0 Å². The van der Waals surface area contributed by atoms with Crippen LogP contribution >= 0.6 is 0 Å². The maximum atomic E-state index is 12.7. The molecule has 1 N–H and O–H groups in total. The summed E-state index contributed by atoms with van der Waals surface area (Å²) in [6, 6.07) is 0. The van der Waals surface area contributed by atoms with E-state index in [1.807, 2.05) is 6.08 Å². The molecule has 0 aromatic heterocycles. The minimum absolute atomic E-state index is 0.149. The monoisotopic (exact) mass is 302 g/mol. The largest absolute Gasteiger partial charge is 0.388 e. The van der Waals surface area contributed by atoms with Crippen LogP contribution < -0.4 is 0 Å². The number of ether oxygens (including phenoxy) is 2. The summed E-state index contributed by atoms with van der Waals surface area (Å²) < 4.78 is 29.4. The highest BCUT2D eigenvalue weighted by atomic mass is 32.2. The number of aliphatic hydroxyl groups is 1. The Morgan fingerprint density at radius 1 is 1.25 bits per heavy atom. The predicted molar refractivity (Wildman–Crippen MR) is 76.9 cm³/mol. The van der Waals surface area contributed by atoms with Crippen LogP contribution in [0.15, 0.2) is 12.2 Å². The van der Waals surface area contributed by atoms with Crippen LogP contribution in [0, 0.1) is 5.92 Å². The molecule has 6 heteroatoms. The van der Waals surface area contributed by atoms with Crippen LogP contribution in [-0.4, -0.2) is 58.1 Å². The van der Waals surface area contributed by atoms with E-state index in [0.29, 0.717) is 12.5 Å². The Morgan fingerprint density at radius 2 is 2.00 bits per heavy atom. The highest BCUT2D eigenvalue weighted by molar-refractivity contribution is 7.96. The molecular weight excluding hydrogens is 280 g/mol. The fourth-order valence-corrected chi connectivity index (χ4v) is 4.59. The zero-order valence-electron chi connectivity index (χ0n) is 11.6. The molecule has 0 saturated carbocycles. The third-order valence-corrected chi connectivity index (χ3v) is 6.18. The van der Waals surface area contributed by atoms with Crippen LogP contribution in [0.1, 0.15) is 19.8 Å². The summed E-state index contributed by atoms with van der Waals surface area (Å²) in [6.45, 7) is 2.68. The van der Waals surface area contributed by atoms with E-state index in [9.17, 15) is 9.32 Å². The first-order valence-corrected chi connectivity index (χ1v) is 8.83. The maximum Gasteiger partial charge on any atom is 0.126 e. The molecule has 3 rings (SSSR count). The summed E-state index contributed by atoms with van der Waals surface area (Å²) in [5, 5.41) is 9.54. The molecule has 7 atom stereocenters. The molecule has 3 aliphatic rings. The van der Waals surface area contributed by atoms with Crippen LogP contribution in [0.3, 0.4) is 0 Å². The van der Waals surface area contributed by atoms with E-state index >= 15 is 0 Å². The molecule has 0 amide bonds. The standard InChI is InChI=1S/C14H22O5S/c1-9-3-5-10(6-4-9)20(2,16)19-12-8-18-13-11(15)7-17-14(12)13/h3,5,9-15H,2,4,6-8H2,1H3/t9?,10?,11-,12-,13?,14?,20?/m1/s1. The van der Waals surface area contributed by atoms with E-state index in [2.05, 4.69) is 18.9 Å². The molecule has 0 bridgehead atoms. The van der Waals surface area contributed by atoms with Crippen LogP contribution in [-0.2, 0) is 23.5 Å². The average molecular weight is 302 g/mol. The van der Waals surface area contributed by atoms with Crippen LogP contribution in [0.4, 0.5) is 0 Å². The van der Waals surface area contributed by atoms with Crippen molar-refractivity contribution >= 4 is 15.7 Å². The second-order valence-corrected chi connectivity index (χ2v) is 8.06. The van der Waals surface area contributed by atoms with E-state index in [4.69, 9.17) is 13.7 Å². The van der Waals surface area contributed by atoms with Crippen molar-refractivity contribution in [2.24, 2.45) is 5.92 Å². The molecule has 2 saturated heterocycles. The second kappa shape index (κ2) is 5.42. The van der Waals surface area contributed by atoms with Crippen molar-refractivity contribution in [3.63, 3.8) is 0 Å². The van der Waals surface area contributed by atoms with Gasteiger partial charge in [-0.15, -0.1) is 0 Å². The topological polar surface area (TPSA) is 65.0 Å². The zero-order chi connectivity index (χ0) is 14.3. The van der Waals surface area contributed by atoms with Gasteiger partial charge in [-0.25, -0.2) is 4.21 Å². The van der Waals surface area contributed by atoms with Gasteiger partial charge in [0.2, 0.25) is 0 Å². The maximum absolute atomic E-state index is 12.7. The fraction of sp³-hybridized carbons (Fsp3) is 0.786. The molecule has 5 unspecified atom stereocenters. The van der Waals surface area contributed by atoms with Crippen molar-refractivity contribution in [2.45, 2.75) is 49.4 Å². The first-order valence-electron chi connectivity index (χ1n) is 7.11. The van der Waals surface area contributed by atoms with E-state index in [-0.39, 0.29) is 24.1 Å². The van der Waals surface area contributed by atoms with Crippen molar-refractivity contribution in [3.05, 3.63) is 12.2 Å². The van der Waals surface area contributed by atoms with E-state index in [0.717, 1.165) is 12.8 Å². The number of fused-ring (bicyclic) bond motifs is 1. The molecule has 2 heterocycles. The van der Waals surface area contributed by atoms with Gasteiger partial charge in [-0.05, 0) is 24.6 Å². The van der Waals surface area contributed by atoms with Gasteiger partial charge >= 0.3 is 0 Å². The lowest BCUT2D eigenvalue weighted by molar-refractivity contribution is 0.0106. The van der Waals surface area contributed by atoms with E-state index < -0.39 is 22.0 Å². The summed E-state index contributed by atoms with van der Waals surface area (Å²) in [5.41, 5.74) is 0. The van der Waals surface area contributed by atoms with Crippen molar-refractivity contribution in [1.82, 2.24) is 0 Å². The van der Waals surface area contributed by atoms with Gasteiger partial charge < -0.3 is 14.6 Å². The zero-order valence-corrected chi connectivity index (χ0v) is 12.5. The van der Waals surface area contributed by atoms with Gasteiger partial charge in [0.1, 0.15) is 24.4 Å². The molecule has 114 valence electrons. The van der Waals surface area contributed by atoms with Gasteiger partial charge in [-0.2, -0.15) is 0 Å². The molecule has 2 fully saturated rings. The summed E-state index contributed by atoms with van der Waals surface area (Å²) >= 11 is 0. The van der Waals surface area contributed by atoms with Gasteiger partial charge in [0.05, 0.1) is 28.3 Å². The molecule has 2 aliphatic heterocycles. The Balaban J connectivity index is 1.67. The number of rotatable bonds is 3. The SMILES string of the molecule is C=S(=O)(O[C@@H]1COC2C1OC[C@H]2O)C1C=CC(C)CC1. The Labute approximate surface area is 120 Å². The van der Waals surface area contributed by atoms with Crippen molar-refractivity contribution in [3.8, 4) is 0 Å². The van der Waals surface area contributed by atoms with Gasteiger partial charge in [-0.3, -0.25) is 4.18 Å². The third kappa shape index (κ3) is 2.67. The highest BCUT2D eigenvalue weighted by Gasteiger charge is 2.49. The van der Waals surface area contributed by atoms with Crippen LogP contribution in [0.25, 0.3) is 0 Å². The normalized spacial score (nSPS) is 47.1. The molecule has 5 nitrogen and oxygen atoms in total. The average Bonchev–Trinajstić information content (AvgIpc) is 2.95. The molecule has 0 aromatic carbocycles. The predicted octanol–water partition coefficient (Wildman–Crippen LogP) is 0.516. The van der Waals surface area contributed by atoms with Crippen LogP contribution in [0.2, 0.25) is 0 Å². The second-order valence-electron chi connectivity index (χ2n) is 5.94. The molecule has 20 heavy (non-hydrogen) atoms. The minimum Gasteiger partial charge on any atom is -0.388 e. The van der Waals surface area contributed by atoms with E-state index in [1.165, 1.54) is 0 Å². The Kier molecular flexibility index (Phi) is 3.94. The van der Waals surface area contributed by atoms with Gasteiger partial charge in [-0.1, -0.05) is 19.1 Å². The Bertz CT molecular complexity index is 486. The third-order valence-electron chi connectivity index (χ3n) is 4.29. The number of allylic oxidation sites excluding steroid dienone is 1. The summed E-state index contributed by atoms with van der Waals surface area (Å²) in [6.07, 6.45) is 4.13. The van der Waals surface area contributed by atoms with Crippen molar-refractivity contribution < 1.29 is 23.0 Å². The van der Waals surface area contributed by atoms with Gasteiger partial charge in [0.25, 0.3) is 0 Å². The van der Waals surface area contributed by atoms with Crippen molar-refractivity contribution in [1.29, 1.82) is 0 Å². The Morgan fingerprint density at radius 3 is 2.70 bits per heavy atom. The first-order chi connectivity index (χ1) is 9.47. The summed E-state index contributed by atoms with van der Waals surface area (Å²) in [7, 11) is -2.67. The molecule has 0 radical (unpaired) electrons. The minimum atomic E-state index is -2.67. The van der Waals surface area contributed by atoms with E-state index in [1.54, 1.807) is 0 Å². The lowest BCUT2D eigenvalue weighted by Crippen LogP contribution is -2.36. The number of hydrogen-bond donors (Lipinski definition) is 1. The lowest BCUT2D eigenvalue weighted by Gasteiger charge is -2.26. The first kappa shape index (κ1) is 14.5.